The van der Waals surface area contributed by atoms with Gasteiger partial charge < -0.3 is 5.32 Å². The second-order valence-corrected chi connectivity index (χ2v) is 8.77. The molecule has 3 atom stereocenters. The number of hydrogen-bond acceptors (Lipinski definition) is 2. The van der Waals surface area contributed by atoms with Gasteiger partial charge in [-0.15, -0.1) is 0 Å². The highest BCUT2D eigenvalue weighted by molar-refractivity contribution is 9.10. The molecule has 2 bridgehead atoms. The van der Waals surface area contributed by atoms with Crippen LogP contribution in [-0.4, -0.2) is 16.5 Å². The first-order valence-corrected chi connectivity index (χ1v) is 9.07. The van der Waals surface area contributed by atoms with Crippen LogP contribution >= 0.6 is 15.9 Å². The van der Waals surface area contributed by atoms with E-state index in [1.807, 2.05) is 39.0 Å². The molecule has 2 aliphatic rings. The van der Waals surface area contributed by atoms with Crippen LogP contribution in [-0.2, 0) is 9.59 Å². The van der Waals surface area contributed by atoms with Crippen molar-refractivity contribution in [3.05, 3.63) is 29.3 Å². The van der Waals surface area contributed by atoms with Crippen molar-refractivity contribution in [2.75, 3.05) is 5.32 Å². The zero-order valence-electron chi connectivity index (χ0n) is 14.4. The average Bonchev–Trinajstić information content (AvgIpc) is 2.76. The molecule has 1 aromatic rings. The number of alkyl halides is 1. The number of Topliss-reactive ketones (excluding diaryl/α,β-unsaturated/α-hetero) is 1. The number of aryl methyl sites for hydroxylation is 1. The van der Waals surface area contributed by atoms with Crippen LogP contribution in [0.2, 0.25) is 0 Å². The van der Waals surface area contributed by atoms with Crippen molar-refractivity contribution in [2.24, 2.45) is 16.2 Å². The Bertz CT molecular complexity index is 711. The van der Waals surface area contributed by atoms with Gasteiger partial charge in [0.2, 0.25) is 5.91 Å². The number of benzene rings is 1. The molecule has 3 nitrogen and oxygen atoms in total. The Labute approximate surface area is 146 Å². The summed E-state index contributed by atoms with van der Waals surface area (Å²) < 4.78 is 0. The van der Waals surface area contributed by atoms with Crippen LogP contribution in [0.25, 0.3) is 0 Å². The van der Waals surface area contributed by atoms with E-state index in [0.717, 1.165) is 29.7 Å². The van der Waals surface area contributed by atoms with Gasteiger partial charge in [-0.1, -0.05) is 48.8 Å². The molecule has 2 aliphatic carbocycles. The zero-order chi connectivity index (χ0) is 17.2. The molecule has 4 heteroatoms. The molecule has 0 aliphatic heterocycles. The number of rotatable bonds is 2. The first-order chi connectivity index (χ1) is 10.6. The number of ketones is 1. The molecule has 3 rings (SSSR count). The van der Waals surface area contributed by atoms with Crippen LogP contribution in [0.5, 0.6) is 0 Å². The number of nitrogens with one attached hydrogen (secondary N) is 1. The van der Waals surface area contributed by atoms with Crippen molar-refractivity contribution in [1.82, 2.24) is 0 Å². The van der Waals surface area contributed by atoms with Crippen LogP contribution in [0.1, 0.15) is 44.7 Å². The monoisotopic (exact) mass is 377 g/mol. The van der Waals surface area contributed by atoms with E-state index in [4.69, 9.17) is 0 Å². The van der Waals surface area contributed by atoms with E-state index in [2.05, 4.69) is 35.1 Å². The summed E-state index contributed by atoms with van der Waals surface area (Å²) in [7, 11) is 0. The molecule has 0 aromatic heterocycles. The van der Waals surface area contributed by atoms with Gasteiger partial charge in [-0.05, 0) is 49.3 Å². The Hall–Kier alpha value is -1.16. The average molecular weight is 378 g/mol. The third kappa shape index (κ3) is 1.81. The van der Waals surface area contributed by atoms with E-state index in [1.165, 1.54) is 0 Å². The van der Waals surface area contributed by atoms with Gasteiger partial charge in [0.05, 0.1) is 10.2 Å². The summed E-state index contributed by atoms with van der Waals surface area (Å²) in [6.07, 6.45) is 1.52. The maximum Gasteiger partial charge on any atom is 0.232 e. The van der Waals surface area contributed by atoms with Gasteiger partial charge in [0.1, 0.15) is 0 Å². The van der Waals surface area contributed by atoms with Gasteiger partial charge in [0.15, 0.2) is 5.78 Å². The predicted molar refractivity (Wildman–Crippen MR) is 95.8 cm³/mol. The minimum absolute atomic E-state index is 0.0346. The molecule has 0 radical (unpaired) electrons. The Morgan fingerprint density at radius 1 is 1.22 bits per heavy atom. The molecule has 2 fully saturated rings. The SMILES string of the molecule is Cc1cccc(NC(=O)C23CCC(C)(C(=O)C2Br)C3(C)C)c1C. The van der Waals surface area contributed by atoms with Crippen molar-refractivity contribution in [3.63, 3.8) is 0 Å². The summed E-state index contributed by atoms with van der Waals surface area (Å²) in [5.41, 5.74) is 1.58. The topological polar surface area (TPSA) is 46.2 Å². The number of halogens is 1. The molecule has 1 N–H and O–H groups in total. The molecular weight excluding hydrogens is 354 g/mol. The minimum atomic E-state index is -0.685. The molecule has 0 heterocycles. The van der Waals surface area contributed by atoms with Crippen molar-refractivity contribution in [2.45, 2.75) is 52.3 Å². The highest BCUT2D eigenvalue weighted by Crippen LogP contribution is 2.72. The lowest BCUT2D eigenvalue weighted by Crippen LogP contribution is -2.48. The Morgan fingerprint density at radius 2 is 1.87 bits per heavy atom. The summed E-state index contributed by atoms with van der Waals surface area (Å²) in [6, 6.07) is 5.91. The fourth-order valence-electron chi connectivity index (χ4n) is 4.58. The summed E-state index contributed by atoms with van der Waals surface area (Å²) in [5.74, 6) is 0.137. The molecule has 0 saturated heterocycles. The van der Waals surface area contributed by atoms with Crippen LogP contribution < -0.4 is 5.32 Å². The maximum absolute atomic E-state index is 13.3. The molecular formula is C19H24BrNO2. The third-order valence-corrected chi connectivity index (χ3v) is 8.18. The van der Waals surface area contributed by atoms with Crippen molar-refractivity contribution in [1.29, 1.82) is 0 Å². The molecule has 1 amide bonds. The van der Waals surface area contributed by atoms with Gasteiger partial charge in [-0.25, -0.2) is 0 Å². The number of carbonyl (C=O) groups is 2. The van der Waals surface area contributed by atoms with Gasteiger partial charge in [-0.2, -0.15) is 0 Å². The fraction of sp³-hybridized carbons (Fsp3) is 0.579. The third-order valence-electron chi connectivity index (χ3n) is 6.98. The molecule has 1 aromatic carbocycles. The Balaban J connectivity index is 2.02. The predicted octanol–water partition coefficient (Wildman–Crippen LogP) is 4.40. The molecule has 3 unspecified atom stereocenters. The van der Waals surface area contributed by atoms with Crippen LogP contribution in [0, 0.1) is 30.1 Å². The summed E-state index contributed by atoms with van der Waals surface area (Å²) in [5, 5.41) is 3.11. The molecule has 23 heavy (non-hydrogen) atoms. The van der Waals surface area contributed by atoms with Crippen LogP contribution in [0.15, 0.2) is 18.2 Å². The van der Waals surface area contributed by atoms with Gasteiger partial charge >= 0.3 is 0 Å². The van der Waals surface area contributed by atoms with E-state index in [1.54, 1.807) is 0 Å². The summed E-state index contributed by atoms with van der Waals surface area (Å²) in [6.45, 7) is 10.2. The smallest absolute Gasteiger partial charge is 0.232 e. The number of amides is 1. The quantitative estimate of drug-likeness (QED) is 0.776. The second-order valence-electron chi connectivity index (χ2n) is 7.86. The largest absolute Gasteiger partial charge is 0.325 e. The van der Waals surface area contributed by atoms with Gasteiger partial charge in [-0.3, -0.25) is 9.59 Å². The van der Waals surface area contributed by atoms with Crippen molar-refractivity contribution in [3.8, 4) is 0 Å². The number of hydrogen-bond donors (Lipinski definition) is 1. The van der Waals surface area contributed by atoms with E-state index in [0.29, 0.717) is 0 Å². The number of carbonyl (C=O) groups excluding carboxylic acids is 2. The minimum Gasteiger partial charge on any atom is -0.325 e. The fourth-order valence-corrected chi connectivity index (χ4v) is 6.09. The highest BCUT2D eigenvalue weighted by atomic mass is 79.9. The van der Waals surface area contributed by atoms with E-state index < -0.39 is 15.7 Å². The number of anilines is 1. The highest BCUT2D eigenvalue weighted by Gasteiger charge is 2.76. The van der Waals surface area contributed by atoms with Crippen molar-refractivity contribution >= 4 is 33.3 Å². The Kier molecular flexibility index (Phi) is 3.57. The first kappa shape index (κ1) is 16.7. The molecule has 0 spiro atoms. The van der Waals surface area contributed by atoms with E-state index in [9.17, 15) is 9.59 Å². The standard InChI is InChI=1S/C19H24BrNO2/c1-11-7-6-8-13(12(11)2)21-16(23)19-10-9-18(5,17(19,3)4)15(22)14(19)20/h6-8,14H,9-10H2,1-5H3,(H,21,23). The summed E-state index contributed by atoms with van der Waals surface area (Å²) >= 11 is 3.57. The summed E-state index contributed by atoms with van der Waals surface area (Å²) in [4.78, 5) is 25.6. The first-order valence-electron chi connectivity index (χ1n) is 8.15. The lowest BCUT2D eigenvalue weighted by molar-refractivity contribution is -0.130. The lowest BCUT2D eigenvalue weighted by Gasteiger charge is -2.39. The lowest BCUT2D eigenvalue weighted by atomic mass is 9.64. The zero-order valence-corrected chi connectivity index (χ0v) is 16.0. The van der Waals surface area contributed by atoms with Crippen molar-refractivity contribution < 1.29 is 9.59 Å². The van der Waals surface area contributed by atoms with Crippen LogP contribution in [0.4, 0.5) is 5.69 Å². The molecule has 124 valence electrons. The van der Waals surface area contributed by atoms with E-state index in [-0.39, 0.29) is 17.1 Å². The normalized spacial score (nSPS) is 34.7. The number of fused-ring (bicyclic) bond motifs is 2. The van der Waals surface area contributed by atoms with Crippen LogP contribution in [0.3, 0.4) is 0 Å². The van der Waals surface area contributed by atoms with Gasteiger partial charge in [0.25, 0.3) is 0 Å². The van der Waals surface area contributed by atoms with Gasteiger partial charge in [0, 0.05) is 11.1 Å². The van der Waals surface area contributed by atoms with E-state index >= 15 is 0 Å². The second kappa shape index (κ2) is 4.92. The Morgan fingerprint density at radius 3 is 2.43 bits per heavy atom. The molecule has 2 saturated carbocycles. The maximum atomic E-state index is 13.3.